The monoisotopic (exact) mass is 697 g/mol. The summed E-state index contributed by atoms with van der Waals surface area (Å²) >= 11 is 6.05. The normalized spacial score (nSPS) is 15.4. The average molecular weight is 698 g/mol. The van der Waals surface area contributed by atoms with Crippen molar-refractivity contribution in [2.75, 3.05) is 38.7 Å². The van der Waals surface area contributed by atoms with Crippen molar-refractivity contribution in [1.82, 2.24) is 15.6 Å². The second kappa shape index (κ2) is 19.5. The van der Waals surface area contributed by atoms with E-state index in [4.69, 9.17) is 22.1 Å². The fourth-order valence-corrected chi connectivity index (χ4v) is 4.89. The van der Waals surface area contributed by atoms with Crippen LogP contribution in [0.2, 0.25) is 5.02 Å². The van der Waals surface area contributed by atoms with Gasteiger partial charge in [-0.2, -0.15) is 13.2 Å². The van der Waals surface area contributed by atoms with Crippen molar-refractivity contribution in [3.63, 3.8) is 0 Å². The standard InChI is InChI=1S/C27H29ClF2N4O2.C4H6F3NO2.C2H2/c1-16-10-18(12-20(29)11-16)25(17-2-4-19(28)5-3-17)26(31)27(35)34-24-15-33-14-23(30)22(24)7-6-21-13-32-8-9-36-21;1-10-3(9)8-2-4(5,6)7;1-2/h2-5,10-12,14-15,21,25-26,32H,6-9,13,31H2,1H3,(H,34,35);2H2,1H3,(H,8,9);1-2H/t21-,25+,26+;;/m1../s1. The largest absolute Gasteiger partial charge is 0.453 e. The molecule has 1 aliphatic heterocycles. The van der Waals surface area contributed by atoms with E-state index in [1.807, 2.05) is 0 Å². The number of amides is 2. The van der Waals surface area contributed by atoms with E-state index in [9.17, 15) is 31.5 Å². The number of ether oxygens (including phenoxy) is 2. The fraction of sp³-hybridized carbons (Fsp3) is 0.364. The molecule has 3 atom stereocenters. The number of hydrogen-bond acceptors (Lipinski definition) is 7. The van der Waals surface area contributed by atoms with Gasteiger partial charge in [-0.05, 0) is 60.7 Å². The van der Waals surface area contributed by atoms with Crippen molar-refractivity contribution in [2.24, 2.45) is 5.73 Å². The number of nitrogens with two attached hydrogens (primary N) is 1. The average Bonchev–Trinajstić information content (AvgIpc) is 3.05. The molecule has 2 aromatic carbocycles. The summed E-state index contributed by atoms with van der Waals surface area (Å²) < 4.78 is 72.5. The molecule has 0 unspecified atom stereocenters. The summed E-state index contributed by atoms with van der Waals surface area (Å²) in [7, 11) is 0.992. The minimum atomic E-state index is -4.38. The molecule has 0 spiro atoms. The summed E-state index contributed by atoms with van der Waals surface area (Å²) in [5, 5.41) is 8.02. The van der Waals surface area contributed by atoms with E-state index in [-0.39, 0.29) is 11.8 Å². The molecule has 1 aromatic heterocycles. The summed E-state index contributed by atoms with van der Waals surface area (Å²) in [6.45, 7) is 2.49. The van der Waals surface area contributed by atoms with Gasteiger partial charge in [-0.3, -0.25) is 9.78 Å². The molecule has 15 heteroatoms. The summed E-state index contributed by atoms with van der Waals surface area (Å²) in [4.78, 5) is 27.3. The topological polar surface area (TPSA) is 128 Å². The molecule has 3 aromatic rings. The highest BCUT2D eigenvalue weighted by Crippen LogP contribution is 2.31. The molecule has 260 valence electrons. The predicted octanol–water partition coefficient (Wildman–Crippen LogP) is 5.49. The van der Waals surface area contributed by atoms with E-state index < -0.39 is 48.3 Å². The summed E-state index contributed by atoms with van der Waals surface area (Å²) in [5.41, 5.74) is 9.03. The number of aromatic nitrogens is 1. The minimum Gasteiger partial charge on any atom is -0.453 e. The van der Waals surface area contributed by atoms with Crippen LogP contribution in [0.15, 0.2) is 54.9 Å². The van der Waals surface area contributed by atoms with Crippen molar-refractivity contribution in [2.45, 2.75) is 44.0 Å². The van der Waals surface area contributed by atoms with Crippen LogP contribution in [0.1, 0.15) is 34.6 Å². The predicted molar refractivity (Wildman–Crippen MR) is 173 cm³/mol. The number of carbonyl (C=O) groups excluding carboxylic acids is 2. The van der Waals surface area contributed by atoms with Crippen LogP contribution in [0.3, 0.4) is 0 Å². The zero-order valence-electron chi connectivity index (χ0n) is 26.3. The molecule has 1 aliphatic rings. The molecule has 0 saturated carbocycles. The lowest BCUT2D eigenvalue weighted by atomic mass is 9.84. The molecule has 1 fully saturated rings. The van der Waals surface area contributed by atoms with Crippen LogP contribution in [0, 0.1) is 31.4 Å². The number of benzene rings is 2. The number of hydrogen-bond donors (Lipinski definition) is 4. The molecule has 4 rings (SSSR count). The van der Waals surface area contributed by atoms with E-state index in [1.165, 1.54) is 23.6 Å². The molecule has 0 aliphatic carbocycles. The van der Waals surface area contributed by atoms with E-state index in [2.05, 4.69) is 33.2 Å². The molecular weight excluding hydrogens is 661 g/mol. The highest BCUT2D eigenvalue weighted by molar-refractivity contribution is 6.30. The fourth-order valence-electron chi connectivity index (χ4n) is 4.77. The van der Waals surface area contributed by atoms with Crippen molar-refractivity contribution in [3.05, 3.63) is 93.8 Å². The second-order valence-corrected chi connectivity index (χ2v) is 10.9. The number of alkyl carbamates (subject to hydrolysis) is 1. The molecule has 2 heterocycles. The highest BCUT2D eigenvalue weighted by Gasteiger charge is 2.30. The smallest absolute Gasteiger partial charge is 0.407 e. The second-order valence-electron chi connectivity index (χ2n) is 10.4. The van der Waals surface area contributed by atoms with Gasteiger partial charge in [0.1, 0.15) is 18.2 Å². The number of halogens is 6. The number of nitrogens with zero attached hydrogens (tertiary/aromatic N) is 1. The van der Waals surface area contributed by atoms with E-state index in [1.54, 1.807) is 37.3 Å². The molecule has 9 nitrogen and oxygen atoms in total. The van der Waals surface area contributed by atoms with Gasteiger partial charge < -0.3 is 31.2 Å². The first-order chi connectivity index (χ1) is 22.8. The number of nitrogens with one attached hydrogen (secondary N) is 3. The summed E-state index contributed by atoms with van der Waals surface area (Å²) in [5.74, 6) is -2.14. The first-order valence-electron chi connectivity index (χ1n) is 14.5. The Kier molecular flexibility index (Phi) is 16.2. The van der Waals surface area contributed by atoms with Crippen molar-refractivity contribution < 1.29 is 41.0 Å². The first kappa shape index (κ1) is 39.9. The van der Waals surface area contributed by atoms with Gasteiger partial charge in [-0.1, -0.05) is 29.8 Å². The van der Waals surface area contributed by atoms with E-state index >= 15 is 0 Å². The first-order valence-corrected chi connectivity index (χ1v) is 14.9. The number of rotatable bonds is 9. The van der Waals surface area contributed by atoms with Gasteiger partial charge in [-0.15, -0.1) is 12.8 Å². The maximum absolute atomic E-state index is 14.7. The Morgan fingerprint density at radius 2 is 1.83 bits per heavy atom. The maximum atomic E-state index is 14.7. The lowest BCUT2D eigenvalue weighted by molar-refractivity contribution is -0.123. The molecule has 5 N–H and O–H groups in total. The molecule has 1 saturated heterocycles. The molecular formula is C33H37ClF5N5O4. The van der Waals surface area contributed by atoms with Gasteiger partial charge in [0, 0.05) is 29.6 Å². The number of carbonyl (C=O) groups is 2. The summed E-state index contributed by atoms with van der Waals surface area (Å²) in [6, 6.07) is 10.4. The number of methoxy groups -OCH3 is 1. The molecule has 0 radical (unpaired) electrons. The van der Waals surface area contributed by atoms with Gasteiger partial charge in [0.25, 0.3) is 0 Å². The van der Waals surface area contributed by atoms with Gasteiger partial charge in [0.05, 0.1) is 43.9 Å². The van der Waals surface area contributed by atoms with Crippen molar-refractivity contribution in [1.29, 1.82) is 0 Å². The molecule has 2 amide bonds. The number of morpholine rings is 1. The Bertz CT molecular complexity index is 1480. The van der Waals surface area contributed by atoms with Crippen LogP contribution < -0.4 is 21.7 Å². The number of alkyl halides is 3. The SMILES string of the molecule is C#C.COC(=O)NCC(F)(F)F.Cc1cc(F)cc([C@H](c2ccc(Cl)cc2)[C@H](N)C(=O)Nc2cncc(F)c2CC[C@@H]2CNCCO2)c1. The minimum absolute atomic E-state index is 0.0392. The zero-order chi connectivity index (χ0) is 35.9. The number of anilines is 1. The van der Waals surface area contributed by atoms with Crippen LogP contribution in [0.25, 0.3) is 0 Å². The molecule has 48 heavy (non-hydrogen) atoms. The number of pyridine rings is 1. The summed E-state index contributed by atoms with van der Waals surface area (Å²) in [6.07, 6.45) is 5.96. The van der Waals surface area contributed by atoms with Crippen molar-refractivity contribution >= 4 is 29.3 Å². The Morgan fingerprint density at radius 3 is 2.42 bits per heavy atom. The van der Waals surface area contributed by atoms with Crippen LogP contribution in [-0.2, 0) is 20.7 Å². The van der Waals surface area contributed by atoms with Crippen LogP contribution in [-0.4, -0.2) is 68.7 Å². The Hall–Kier alpha value is -4.29. The van der Waals surface area contributed by atoms with Gasteiger partial charge in [-0.25, -0.2) is 13.6 Å². The maximum Gasteiger partial charge on any atom is 0.407 e. The van der Waals surface area contributed by atoms with Gasteiger partial charge in [0.2, 0.25) is 5.91 Å². The number of terminal acetylenes is 1. The highest BCUT2D eigenvalue weighted by atomic mass is 35.5. The lowest BCUT2D eigenvalue weighted by Gasteiger charge is -2.26. The zero-order valence-corrected chi connectivity index (χ0v) is 27.0. The van der Waals surface area contributed by atoms with E-state index in [0.717, 1.165) is 19.9 Å². The van der Waals surface area contributed by atoms with Gasteiger partial charge in [0.15, 0.2) is 0 Å². The quantitative estimate of drug-likeness (QED) is 0.172. The van der Waals surface area contributed by atoms with Crippen LogP contribution in [0.5, 0.6) is 0 Å². The third-order valence-corrected chi connectivity index (χ3v) is 7.17. The Balaban J connectivity index is 0.000000573. The van der Waals surface area contributed by atoms with Crippen LogP contribution >= 0.6 is 11.6 Å². The lowest BCUT2D eigenvalue weighted by Crippen LogP contribution is -2.41. The van der Waals surface area contributed by atoms with Gasteiger partial charge >= 0.3 is 12.3 Å². The van der Waals surface area contributed by atoms with E-state index in [0.29, 0.717) is 53.3 Å². The Morgan fingerprint density at radius 1 is 1.15 bits per heavy atom. The van der Waals surface area contributed by atoms with Crippen LogP contribution in [0.4, 0.5) is 32.4 Å². The third kappa shape index (κ3) is 13.1. The molecule has 0 bridgehead atoms. The number of aryl methyl sites for hydroxylation is 1. The van der Waals surface area contributed by atoms with Crippen molar-refractivity contribution in [3.8, 4) is 12.8 Å². The Labute approximate surface area is 280 Å². The third-order valence-electron chi connectivity index (χ3n) is 6.92.